The molecule has 0 fully saturated rings. The van der Waals surface area contributed by atoms with Crippen LogP contribution in [0.5, 0.6) is 0 Å². The fraction of sp³-hybridized carbons (Fsp3) is 0.368. The number of nitrogens with zero attached hydrogens (tertiary/aromatic N) is 6. The molecular formula is C19H22N6O. The lowest BCUT2D eigenvalue weighted by atomic mass is 10.0. The van der Waals surface area contributed by atoms with Crippen LogP contribution in [0.25, 0.3) is 5.69 Å². The Morgan fingerprint density at radius 3 is 2.88 bits per heavy atom. The van der Waals surface area contributed by atoms with Gasteiger partial charge in [0.05, 0.1) is 11.9 Å². The number of para-hydroxylation sites is 1. The van der Waals surface area contributed by atoms with Gasteiger partial charge in [-0.15, -0.1) is 10.2 Å². The maximum atomic E-state index is 12.8. The Bertz CT molecular complexity index is 913. The fourth-order valence-electron chi connectivity index (χ4n) is 3.33. The van der Waals surface area contributed by atoms with E-state index in [0.717, 1.165) is 36.5 Å². The third-order valence-electron chi connectivity index (χ3n) is 4.80. The number of rotatable bonds is 4. The van der Waals surface area contributed by atoms with Crippen molar-refractivity contribution in [3.63, 3.8) is 0 Å². The van der Waals surface area contributed by atoms with Crippen molar-refractivity contribution in [1.29, 1.82) is 0 Å². The van der Waals surface area contributed by atoms with Crippen molar-refractivity contribution in [2.45, 2.75) is 32.9 Å². The molecule has 0 aliphatic carbocycles. The Labute approximate surface area is 152 Å². The second kappa shape index (κ2) is 6.74. The van der Waals surface area contributed by atoms with Gasteiger partial charge in [0.2, 0.25) is 5.82 Å². The third-order valence-corrected chi connectivity index (χ3v) is 4.80. The Hall–Kier alpha value is -2.96. The summed E-state index contributed by atoms with van der Waals surface area (Å²) in [5.41, 5.74) is 1.96. The number of hydrogen-bond acceptors (Lipinski definition) is 4. The Kier molecular flexibility index (Phi) is 4.28. The van der Waals surface area contributed by atoms with Gasteiger partial charge in [-0.1, -0.05) is 25.1 Å². The third kappa shape index (κ3) is 3.12. The highest BCUT2D eigenvalue weighted by Gasteiger charge is 2.26. The van der Waals surface area contributed by atoms with Gasteiger partial charge in [-0.25, -0.2) is 4.68 Å². The SMILES string of the molecule is CC1CCc2nnc(C(=O)N(C)Cc3cnn(-c4ccccc4)c3)n2C1. The maximum absolute atomic E-state index is 12.8. The van der Waals surface area contributed by atoms with E-state index in [-0.39, 0.29) is 5.91 Å². The van der Waals surface area contributed by atoms with Crippen LogP contribution < -0.4 is 0 Å². The molecule has 0 spiro atoms. The van der Waals surface area contributed by atoms with Gasteiger partial charge in [0.1, 0.15) is 5.82 Å². The van der Waals surface area contributed by atoms with Crippen molar-refractivity contribution >= 4 is 5.91 Å². The molecule has 0 N–H and O–H groups in total. The highest BCUT2D eigenvalue weighted by atomic mass is 16.2. The molecule has 1 unspecified atom stereocenters. The molecule has 26 heavy (non-hydrogen) atoms. The first-order chi connectivity index (χ1) is 12.6. The minimum absolute atomic E-state index is 0.106. The fourth-order valence-corrected chi connectivity index (χ4v) is 3.33. The summed E-state index contributed by atoms with van der Waals surface area (Å²) in [6.45, 7) is 3.48. The number of aromatic nitrogens is 5. The number of benzene rings is 1. The first-order valence-corrected chi connectivity index (χ1v) is 8.88. The molecule has 1 amide bonds. The topological polar surface area (TPSA) is 68.8 Å². The van der Waals surface area contributed by atoms with E-state index >= 15 is 0 Å². The molecule has 1 aliphatic heterocycles. The van der Waals surface area contributed by atoms with Crippen LogP contribution in [0, 0.1) is 5.92 Å². The summed E-state index contributed by atoms with van der Waals surface area (Å²) >= 11 is 0. The zero-order valence-electron chi connectivity index (χ0n) is 15.0. The quantitative estimate of drug-likeness (QED) is 0.724. The molecule has 134 valence electrons. The maximum Gasteiger partial charge on any atom is 0.291 e. The largest absolute Gasteiger partial charge is 0.335 e. The van der Waals surface area contributed by atoms with Crippen molar-refractivity contribution < 1.29 is 4.79 Å². The lowest BCUT2D eigenvalue weighted by molar-refractivity contribution is 0.0765. The minimum atomic E-state index is -0.106. The van der Waals surface area contributed by atoms with Gasteiger partial charge >= 0.3 is 0 Å². The minimum Gasteiger partial charge on any atom is -0.335 e. The average Bonchev–Trinajstić information content (AvgIpc) is 3.28. The van der Waals surface area contributed by atoms with Gasteiger partial charge in [0.15, 0.2) is 0 Å². The number of hydrogen-bond donors (Lipinski definition) is 0. The molecule has 1 atom stereocenters. The molecule has 1 aliphatic rings. The van der Waals surface area contributed by atoms with Crippen LogP contribution in [-0.2, 0) is 19.5 Å². The van der Waals surface area contributed by atoms with E-state index in [2.05, 4.69) is 22.2 Å². The van der Waals surface area contributed by atoms with Gasteiger partial charge in [-0.05, 0) is 24.5 Å². The summed E-state index contributed by atoms with van der Waals surface area (Å²) in [5.74, 6) is 1.78. The monoisotopic (exact) mass is 350 g/mol. The predicted octanol–water partition coefficient (Wildman–Crippen LogP) is 2.32. The summed E-state index contributed by atoms with van der Waals surface area (Å²) in [6.07, 6.45) is 5.72. The first kappa shape index (κ1) is 16.5. The Morgan fingerprint density at radius 2 is 2.08 bits per heavy atom. The second-order valence-corrected chi connectivity index (χ2v) is 6.98. The van der Waals surface area contributed by atoms with Crippen LogP contribution in [0.2, 0.25) is 0 Å². The molecule has 7 heteroatoms. The molecule has 0 bridgehead atoms. The highest BCUT2D eigenvalue weighted by molar-refractivity contribution is 5.90. The molecule has 2 aromatic heterocycles. The summed E-state index contributed by atoms with van der Waals surface area (Å²) in [7, 11) is 1.79. The molecule has 7 nitrogen and oxygen atoms in total. The van der Waals surface area contributed by atoms with E-state index in [0.29, 0.717) is 18.3 Å². The van der Waals surface area contributed by atoms with Crippen LogP contribution in [0.15, 0.2) is 42.7 Å². The summed E-state index contributed by atoms with van der Waals surface area (Å²) in [5, 5.41) is 12.7. The molecule has 0 saturated carbocycles. The van der Waals surface area contributed by atoms with Crippen molar-refractivity contribution in [2.75, 3.05) is 7.05 Å². The van der Waals surface area contributed by atoms with Crippen LogP contribution in [0.1, 0.15) is 35.4 Å². The second-order valence-electron chi connectivity index (χ2n) is 6.98. The standard InChI is InChI=1S/C19H22N6O/c1-14-8-9-17-21-22-18(24(17)11-14)19(26)23(2)12-15-10-20-25(13-15)16-6-4-3-5-7-16/h3-7,10,13-14H,8-9,11-12H2,1-2H3. The molecule has 3 aromatic rings. The van der Waals surface area contributed by atoms with E-state index in [1.165, 1.54) is 0 Å². The number of carbonyl (C=O) groups excluding carboxylic acids is 1. The molecule has 0 saturated heterocycles. The van der Waals surface area contributed by atoms with Crippen LogP contribution in [0.3, 0.4) is 0 Å². The predicted molar refractivity (Wildman–Crippen MR) is 96.9 cm³/mol. The van der Waals surface area contributed by atoms with E-state index in [1.54, 1.807) is 18.1 Å². The van der Waals surface area contributed by atoms with Gasteiger partial charge in [0.25, 0.3) is 5.91 Å². The Balaban J connectivity index is 1.49. The molecule has 0 radical (unpaired) electrons. The molecule has 4 rings (SSSR count). The zero-order valence-corrected chi connectivity index (χ0v) is 15.0. The van der Waals surface area contributed by atoms with Crippen LogP contribution >= 0.6 is 0 Å². The Morgan fingerprint density at radius 1 is 1.27 bits per heavy atom. The molecular weight excluding hydrogens is 328 g/mol. The summed E-state index contributed by atoms with van der Waals surface area (Å²) in [4.78, 5) is 14.5. The van der Waals surface area contributed by atoms with Gasteiger partial charge < -0.3 is 9.47 Å². The van der Waals surface area contributed by atoms with Gasteiger partial charge in [0, 0.05) is 38.3 Å². The van der Waals surface area contributed by atoms with Crippen LogP contribution in [0.4, 0.5) is 0 Å². The first-order valence-electron chi connectivity index (χ1n) is 8.88. The van der Waals surface area contributed by atoms with E-state index in [9.17, 15) is 4.79 Å². The molecule has 1 aromatic carbocycles. The molecule has 3 heterocycles. The van der Waals surface area contributed by atoms with E-state index in [4.69, 9.17) is 0 Å². The van der Waals surface area contributed by atoms with Crippen molar-refractivity contribution in [1.82, 2.24) is 29.4 Å². The van der Waals surface area contributed by atoms with Crippen LogP contribution in [-0.4, -0.2) is 42.4 Å². The summed E-state index contributed by atoms with van der Waals surface area (Å²) < 4.78 is 3.79. The summed E-state index contributed by atoms with van der Waals surface area (Å²) in [6, 6.07) is 9.91. The van der Waals surface area contributed by atoms with Crippen molar-refractivity contribution in [3.05, 3.63) is 59.9 Å². The van der Waals surface area contributed by atoms with E-state index < -0.39 is 0 Å². The van der Waals surface area contributed by atoms with Gasteiger partial charge in [-0.3, -0.25) is 4.79 Å². The number of carbonyl (C=O) groups is 1. The lowest BCUT2D eigenvalue weighted by Crippen LogP contribution is -2.31. The van der Waals surface area contributed by atoms with Crippen molar-refractivity contribution in [3.8, 4) is 5.69 Å². The number of fused-ring (bicyclic) bond motifs is 1. The van der Waals surface area contributed by atoms with E-state index in [1.807, 2.05) is 45.8 Å². The average molecular weight is 350 g/mol. The van der Waals surface area contributed by atoms with Crippen molar-refractivity contribution in [2.24, 2.45) is 5.92 Å². The smallest absolute Gasteiger partial charge is 0.291 e. The zero-order chi connectivity index (χ0) is 18.1. The lowest BCUT2D eigenvalue weighted by Gasteiger charge is -2.22. The highest BCUT2D eigenvalue weighted by Crippen LogP contribution is 2.20. The van der Waals surface area contributed by atoms with Gasteiger partial charge in [-0.2, -0.15) is 5.10 Å². The number of aryl methyl sites for hydroxylation is 1. The number of amides is 1. The normalized spacial score (nSPS) is 16.3.